The number of rotatable bonds is 4. The van der Waals surface area contributed by atoms with Crippen LogP contribution in [0.3, 0.4) is 0 Å². The second-order valence-electron chi connectivity index (χ2n) is 5.98. The van der Waals surface area contributed by atoms with Crippen molar-refractivity contribution in [3.8, 4) is 0 Å². The number of aromatic amines is 1. The zero-order valence-electron chi connectivity index (χ0n) is 13.6. The summed E-state index contributed by atoms with van der Waals surface area (Å²) >= 11 is 0. The lowest BCUT2D eigenvalue weighted by Gasteiger charge is -2.17. The van der Waals surface area contributed by atoms with Crippen molar-refractivity contribution in [1.29, 1.82) is 0 Å². The van der Waals surface area contributed by atoms with E-state index in [2.05, 4.69) is 9.71 Å². The molecule has 1 aliphatic rings. The molecule has 0 aliphatic carbocycles. The van der Waals surface area contributed by atoms with Gasteiger partial charge in [-0.15, -0.1) is 0 Å². The van der Waals surface area contributed by atoms with Crippen molar-refractivity contribution in [2.75, 3.05) is 16.2 Å². The van der Waals surface area contributed by atoms with Crippen molar-refractivity contribution in [2.24, 2.45) is 0 Å². The van der Waals surface area contributed by atoms with Crippen LogP contribution in [0.5, 0.6) is 0 Å². The molecule has 2 heterocycles. The third-order valence-corrected chi connectivity index (χ3v) is 5.57. The standard InChI is InChI=1S/C17H15N3O5S/c21-16-5-2-8-20(16)12-4-1-3-11(9-12)19-26(23,24)13-6-7-14-15(10-13)25-17(22)18-14/h1,3-4,6-7,9-10,19H,2,5,8H2,(H,18,22). The molecule has 0 saturated carbocycles. The van der Waals surface area contributed by atoms with Crippen LogP contribution in [0.2, 0.25) is 0 Å². The summed E-state index contributed by atoms with van der Waals surface area (Å²) < 4.78 is 32.6. The molecule has 0 bridgehead atoms. The fourth-order valence-electron chi connectivity index (χ4n) is 2.97. The van der Waals surface area contributed by atoms with Crippen LogP contribution in [0, 0.1) is 0 Å². The van der Waals surface area contributed by atoms with Crippen molar-refractivity contribution in [3.63, 3.8) is 0 Å². The summed E-state index contributed by atoms with van der Waals surface area (Å²) in [5.41, 5.74) is 1.58. The van der Waals surface area contributed by atoms with Crippen molar-refractivity contribution < 1.29 is 17.6 Å². The Morgan fingerprint density at radius 2 is 1.96 bits per heavy atom. The number of hydrogen-bond acceptors (Lipinski definition) is 5. The molecule has 1 amide bonds. The maximum Gasteiger partial charge on any atom is 0.417 e. The van der Waals surface area contributed by atoms with E-state index in [0.29, 0.717) is 29.9 Å². The molecule has 1 aliphatic heterocycles. The van der Waals surface area contributed by atoms with Gasteiger partial charge in [0.1, 0.15) is 0 Å². The minimum atomic E-state index is -3.88. The summed E-state index contributed by atoms with van der Waals surface area (Å²) in [7, 11) is -3.88. The first-order chi connectivity index (χ1) is 12.4. The van der Waals surface area contributed by atoms with E-state index in [9.17, 15) is 18.0 Å². The van der Waals surface area contributed by atoms with Crippen LogP contribution in [0.15, 0.2) is 56.6 Å². The Hall–Kier alpha value is -3.07. The fraction of sp³-hybridized carbons (Fsp3) is 0.176. The number of fused-ring (bicyclic) bond motifs is 1. The number of nitrogens with zero attached hydrogens (tertiary/aromatic N) is 1. The third-order valence-electron chi connectivity index (χ3n) is 4.19. The Kier molecular flexibility index (Phi) is 3.80. The minimum absolute atomic E-state index is 0.0259. The molecule has 0 atom stereocenters. The monoisotopic (exact) mass is 373 g/mol. The Morgan fingerprint density at radius 3 is 2.73 bits per heavy atom. The Bertz CT molecular complexity index is 1160. The number of benzene rings is 2. The summed E-state index contributed by atoms with van der Waals surface area (Å²) in [4.78, 5) is 27.1. The van der Waals surface area contributed by atoms with E-state index >= 15 is 0 Å². The summed E-state index contributed by atoms with van der Waals surface area (Å²) in [6.07, 6.45) is 1.29. The van der Waals surface area contributed by atoms with Crippen LogP contribution in [0.1, 0.15) is 12.8 Å². The van der Waals surface area contributed by atoms with Gasteiger partial charge in [-0.25, -0.2) is 13.2 Å². The second kappa shape index (κ2) is 6.03. The highest BCUT2D eigenvalue weighted by Gasteiger charge is 2.22. The Morgan fingerprint density at radius 1 is 1.12 bits per heavy atom. The van der Waals surface area contributed by atoms with Crippen LogP contribution in [-0.2, 0) is 14.8 Å². The van der Waals surface area contributed by atoms with Gasteiger partial charge in [0.15, 0.2) is 5.58 Å². The predicted octanol–water partition coefficient (Wildman–Crippen LogP) is 2.05. The van der Waals surface area contributed by atoms with E-state index in [4.69, 9.17) is 4.42 Å². The van der Waals surface area contributed by atoms with Crippen LogP contribution < -0.4 is 15.4 Å². The summed E-state index contributed by atoms with van der Waals surface area (Å²) in [6.45, 7) is 0.623. The highest BCUT2D eigenvalue weighted by Crippen LogP contribution is 2.26. The first-order valence-corrected chi connectivity index (χ1v) is 9.47. The first kappa shape index (κ1) is 16.4. The quantitative estimate of drug-likeness (QED) is 0.727. The molecule has 26 heavy (non-hydrogen) atoms. The number of hydrogen-bond donors (Lipinski definition) is 2. The molecule has 1 saturated heterocycles. The highest BCUT2D eigenvalue weighted by atomic mass is 32.2. The van der Waals surface area contributed by atoms with Gasteiger partial charge in [-0.2, -0.15) is 0 Å². The maximum absolute atomic E-state index is 12.6. The molecule has 0 unspecified atom stereocenters. The molecular formula is C17H15N3O5S. The molecule has 2 N–H and O–H groups in total. The lowest BCUT2D eigenvalue weighted by molar-refractivity contribution is -0.117. The predicted molar refractivity (Wildman–Crippen MR) is 95.7 cm³/mol. The molecule has 1 fully saturated rings. The average Bonchev–Trinajstić information content (AvgIpc) is 3.18. The summed E-state index contributed by atoms with van der Waals surface area (Å²) in [5.74, 6) is -0.622. The van der Waals surface area contributed by atoms with Gasteiger partial charge in [-0.1, -0.05) is 6.07 Å². The molecule has 3 aromatic rings. The van der Waals surface area contributed by atoms with Gasteiger partial charge < -0.3 is 9.32 Å². The number of H-pyrrole nitrogens is 1. The normalized spacial score (nSPS) is 14.9. The van der Waals surface area contributed by atoms with Gasteiger partial charge in [0.2, 0.25) is 5.91 Å². The number of anilines is 2. The summed E-state index contributed by atoms with van der Waals surface area (Å²) in [5, 5.41) is 0. The van der Waals surface area contributed by atoms with E-state index in [1.54, 1.807) is 29.2 Å². The van der Waals surface area contributed by atoms with E-state index in [1.165, 1.54) is 18.2 Å². The lowest BCUT2D eigenvalue weighted by Crippen LogP contribution is -2.23. The Balaban J connectivity index is 1.64. The molecule has 134 valence electrons. The number of oxazole rings is 1. The van der Waals surface area contributed by atoms with Crippen LogP contribution in [-0.4, -0.2) is 25.9 Å². The van der Waals surface area contributed by atoms with Gasteiger partial charge in [-0.3, -0.25) is 14.5 Å². The number of amides is 1. The Labute approximate surface area is 148 Å². The van der Waals surface area contributed by atoms with Gasteiger partial charge in [-0.05, 0) is 36.8 Å². The van der Waals surface area contributed by atoms with E-state index in [-0.39, 0.29) is 16.4 Å². The number of carbonyl (C=O) groups excluding carboxylic acids is 1. The number of aromatic nitrogens is 1. The molecule has 2 aromatic carbocycles. The van der Waals surface area contributed by atoms with Crippen molar-refractivity contribution in [1.82, 2.24) is 4.98 Å². The number of sulfonamides is 1. The van der Waals surface area contributed by atoms with Crippen molar-refractivity contribution in [2.45, 2.75) is 17.7 Å². The van der Waals surface area contributed by atoms with Crippen LogP contribution >= 0.6 is 0 Å². The van der Waals surface area contributed by atoms with E-state index < -0.39 is 15.8 Å². The van der Waals surface area contributed by atoms with Crippen LogP contribution in [0.4, 0.5) is 11.4 Å². The number of nitrogens with one attached hydrogen (secondary N) is 2. The van der Waals surface area contributed by atoms with E-state index in [1.807, 2.05) is 0 Å². The van der Waals surface area contributed by atoms with Gasteiger partial charge in [0, 0.05) is 24.7 Å². The third kappa shape index (κ3) is 2.97. The van der Waals surface area contributed by atoms with Crippen molar-refractivity contribution in [3.05, 3.63) is 53.0 Å². The molecule has 0 radical (unpaired) electrons. The molecule has 8 nitrogen and oxygen atoms in total. The topological polar surface area (TPSA) is 112 Å². The second-order valence-corrected chi connectivity index (χ2v) is 7.66. The molecular weight excluding hydrogens is 358 g/mol. The zero-order valence-corrected chi connectivity index (χ0v) is 14.4. The maximum atomic E-state index is 12.6. The SMILES string of the molecule is O=C1CCCN1c1cccc(NS(=O)(=O)c2ccc3[nH]c(=O)oc3c2)c1. The zero-order chi connectivity index (χ0) is 18.3. The molecule has 4 rings (SSSR count). The van der Waals surface area contributed by atoms with Gasteiger partial charge in [0.25, 0.3) is 10.0 Å². The largest absolute Gasteiger partial charge is 0.417 e. The molecule has 0 spiro atoms. The number of carbonyl (C=O) groups is 1. The molecule has 9 heteroatoms. The first-order valence-electron chi connectivity index (χ1n) is 7.98. The lowest BCUT2D eigenvalue weighted by atomic mass is 10.2. The summed E-state index contributed by atoms with van der Waals surface area (Å²) in [6, 6.07) is 10.8. The fourth-order valence-corrected chi connectivity index (χ4v) is 4.03. The molecule has 1 aromatic heterocycles. The van der Waals surface area contributed by atoms with Crippen molar-refractivity contribution >= 4 is 38.4 Å². The minimum Gasteiger partial charge on any atom is -0.408 e. The highest BCUT2D eigenvalue weighted by molar-refractivity contribution is 7.92. The average molecular weight is 373 g/mol. The van der Waals surface area contributed by atoms with E-state index in [0.717, 1.165) is 6.42 Å². The van der Waals surface area contributed by atoms with Crippen LogP contribution in [0.25, 0.3) is 11.1 Å². The smallest absolute Gasteiger partial charge is 0.408 e. The van der Waals surface area contributed by atoms with Gasteiger partial charge in [0.05, 0.1) is 16.1 Å². The van der Waals surface area contributed by atoms with Gasteiger partial charge >= 0.3 is 5.76 Å².